The van der Waals surface area contributed by atoms with E-state index in [4.69, 9.17) is 0 Å². The minimum absolute atomic E-state index is 0.0151. The van der Waals surface area contributed by atoms with Crippen molar-refractivity contribution in [2.75, 3.05) is 6.54 Å². The van der Waals surface area contributed by atoms with Crippen molar-refractivity contribution in [3.63, 3.8) is 0 Å². The summed E-state index contributed by atoms with van der Waals surface area (Å²) in [7, 11) is 0. The Bertz CT molecular complexity index is 826. The minimum atomic E-state index is -0.768. The van der Waals surface area contributed by atoms with Crippen LogP contribution in [-0.4, -0.2) is 49.8 Å². The second-order valence-corrected chi connectivity index (χ2v) is 7.61. The Hall–Kier alpha value is -2.44. The molecule has 2 heterocycles. The lowest BCUT2D eigenvalue weighted by Crippen LogP contribution is -2.57. The van der Waals surface area contributed by atoms with Crippen molar-refractivity contribution in [1.82, 2.24) is 25.2 Å². The monoisotopic (exact) mass is 355 g/mol. The maximum atomic E-state index is 13.0. The van der Waals surface area contributed by atoms with Gasteiger partial charge >= 0.3 is 0 Å². The second kappa shape index (κ2) is 6.70. The quantitative estimate of drug-likeness (QED) is 0.908. The molecule has 1 saturated heterocycles. The molecule has 2 aromatic rings. The van der Waals surface area contributed by atoms with E-state index >= 15 is 0 Å². The third-order valence-electron chi connectivity index (χ3n) is 5.83. The fourth-order valence-corrected chi connectivity index (χ4v) is 4.26. The molecule has 0 bridgehead atoms. The highest BCUT2D eigenvalue weighted by Gasteiger charge is 2.46. The van der Waals surface area contributed by atoms with Gasteiger partial charge in [0.15, 0.2) is 0 Å². The number of amides is 2. The van der Waals surface area contributed by atoms with E-state index in [2.05, 4.69) is 15.6 Å². The van der Waals surface area contributed by atoms with Gasteiger partial charge < -0.3 is 10.2 Å². The molecule has 2 amide bonds. The summed E-state index contributed by atoms with van der Waals surface area (Å²) in [6.07, 6.45) is 5.97. The van der Waals surface area contributed by atoms with E-state index < -0.39 is 5.54 Å². The zero-order chi connectivity index (χ0) is 18.1. The molecule has 1 aromatic carbocycles. The Kier molecular flexibility index (Phi) is 4.38. The van der Waals surface area contributed by atoms with Crippen LogP contribution in [0.1, 0.15) is 45.4 Å². The molecule has 138 valence electrons. The number of likely N-dealkylation sites (tertiary alicyclic amines) is 1. The minimum Gasteiger partial charge on any atom is -0.351 e. The van der Waals surface area contributed by atoms with Crippen molar-refractivity contribution in [3.05, 3.63) is 24.3 Å². The summed E-state index contributed by atoms with van der Waals surface area (Å²) in [5.41, 5.74) is 0.830. The van der Waals surface area contributed by atoms with Crippen LogP contribution in [0.15, 0.2) is 24.3 Å². The molecular weight excluding hydrogens is 330 g/mol. The molecule has 1 saturated carbocycles. The van der Waals surface area contributed by atoms with Crippen LogP contribution in [0.2, 0.25) is 0 Å². The number of nitrogens with zero attached hydrogens (tertiary/aromatic N) is 4. The van der Waals surface area contributed by atoms with E-state index in [1.54, 1.807) is 9.58 Å². The number of rotatable bonds is 4. The van der Waals surface area contributed by atoms with Crippen LogP contribution in [-0.2, 0) is 16.1 Å². The Morgan fingerprint density at radius 1 is 1.23 bits per heavy atom. The molecule has 0 radical (unpaired) electrons. The standard InChI is InChI=1S/C19H25N5O2/c1-19(18(26)20-14-7-2-3-8-14)11-6-12-23(19)17(25)13-24-16-10-5-4-9-15(16)21-22-24/h4-5,9-10,14H,2-3,6-8,11-13H2,1H3,(H,20,26). The van der Waals surface area contributed by atoms with E-state index in [9.17, 15) is 9.59 Å². The topological polar surface area (TPSA) is 80.1 Å². The molecule has 2 fully saturated rings. The number of aromatic nitrogens is 3. The summed E-state index contributed by atoms with van der Waals surface area (Å²) in [4.78, 5) is 27.6. The molecule has 1 aliphatic carbocycles. The van der Waals surface area contributed by atoms with Crippen LogP contribution in [0, 0.1) is 0 Å². The van der Waals surface area contributed by atoms with Gasteiger partial charge in [-0.05, 0) is 44.7 Å². The van der Waals surface area contributed by atoms with Crippen molar-refractivity contribution < 1.29 is 9.59 Å². The van der Waals surface area contributed by atoms with Crippen molar-refractivity contribution in [3.8, 4) is 0 Å². The molecule has 7 nitrogen and oxygen atoms in total. The average molecular weight is 355 g/mol. The predicted octanol–water partition coefficient (Wildman–Crippen LogP) is 1.87. The molecule has 1 aromatic heterocycles. The summed E-state index contributed by atoms with van der Waals surface area (Å²) < 4.78 is 1.62. The molecule has 26 heavy (non-hydrogen) atoms. The molecule has 1 atom stereocenters. The largest absolute Gasteiger partial charge is 0.351 e. The van der Waals surface area contributed by atoms with Crippen LogP contribution >= 0.6 is 0 Å². The molecule has 0 spiro atoms. The number of para-hydroxylation sites is 1. The molecule has 1 N–H and O–H groups in total. The number of carbonyl (C=O) groups is 2. The van der Waals surface area contributed by atoms with E-state index in [-0.39, 0.29) is 24.4 Å². The highest BCUT2D eigenvalue weighted by Crippen LogP contribution is 2.31. The highest BCUT2D eigenvalue weighted by atomic mass is 16.2. The number of hydrogen-bond acceptors (Lipinski definition) is 4. The van der Waals surface area contributed by atoms with Crippen molar-refractivity contribution in [1.29, 1.82) is 0 Å². The average Bonchev–Trinajstić information content (AvgIpc) is 3.36. The fourth-order valence-electron chi connectivity index (χ4n) is 4.26. The Morgan fingerprint density at radius 2 is 2.00 bits per heavy atom. The van der Waals surface area contributed by atoms with Crippen LogP contribution < -0.4 is 5.32 Å². The van der Waals surface area contributed by atoms with E-state index in [0.29, 0.717) is 13.0 Å². The molecule has 2 aliphatic rings. The first-order chi connectivity index (χ1) is 12.6. The first-order valence-corrected chi connectivity index (χ1v) is 9.47. The van der Waals surface area contributed by atoms with Crippen LogP contribution in [0.4, 0.5) is 0 Å². The lowest BCUT2D eigenvalue weighted by molar-refractivity contribution is -0.145. The number of benzene rings is 1. The molecule has 7 heteroatoms. The maximum Gasteiger partial charge on any atom is 0.245 e. The van der Waals surface area contributed by atoms with Crippen molar-refractivity contribution in [2.24, 2.45) is 0 Å². The van der Waals surface area contributed by atoms with E-state index in [1.807, 2.05) is 31.2 Å². The zero-order valence-electron chi connectivity index (χ0n) is 15.1. The normalized spacial score (nSPS) is 23.7. The number of nitrogens with one attached hydrogen (secondary N) is 1. The van der Waals surface area contributed by atoms with Crippen LogP contribution in [0.5, 0.6) is 0 Å². The van der Waals surface area contributed by atoms with Gasteiger partial charge in [0.2, 0.25) is 11.8 Å². The van der Waals surface area contributed by atoms with Gasteiger partial charge in [-0.15, -0.1) is 5.10 Å². The number of hydrogen-bond donors (Lipinski definition) is 1. The predicted molar refractivity (Wildman–Crippen MR) is 97.3 cm³/mol. The second-order valence-electron chi connectivity index (χ2n) is 7.61. The van der Waals surface area contributed by atoms with Gasteiger partial charge in [0, 0.05) is 12.6 Å². The summed E-state index contributed by atoms with van der Waals surface area (Å²) in [6.45, 7) is 2.61. The summed E-state index contributed by atoms with van der Waals surface area (Å²) in [6, 6.07) is 7.84. The Labute approximate surface area is 152 Å². The summed E-state index contributed by atoms with van der Waals surface area (Å²) >= 11 is 0. The van der Waals surface area contributed by atoms with Gasteiger partial charge in [-0.25, -0.2) is 4.68 Å². The smallest absolute Gasteiger partial charge is 0.245 e. The van der Waals surface area contributed by atoms with Gasteiger partial charge in [0.05, 0.1) is 5.52 Å². The van der Waals surface area contributed by atoms with Crippen LogP contribution in [0.25, 0.3) is 11.0 Å². The molecule has 1 aliphatic heterocycles. The van der Waals surface area contributed by atoms with Gasteiger partial charge in [-0.2, -0.15) is 0 Å². The lowest BCUT2D eigenvalue weighted by Gasteiger charge is -2.35. The number of fused-ring (bicyclic) bond motifs is 1. The van der Waals surface area contributed by atoms with E-state index in [0.717, 1.165) is 30.3 Å². The van der Waals surface area contributed by atoms with Gasteiger partial charge in [0.25, 0.3) is 0 Å². The Morgan fingerprint density at radius 3 is 2.81 bits per heavy atom. The van der Waals surface area contributed by atoms with Crippen molar-refractivity contribution >= 4 is 22.8 Å². The van der Waals surface area contributed by atoms with Crippen LogP contribution in [0.3, 0.4) is 0 Å². The first-order valence-electron chi connectivity index (χ1n) is 9.47. The SMILES string of the molecule is CC1(C(=O)NC2CCCC2)CCCN1C(=O)Cn1nnc2ccccc21. The lowest BCUT2D eigenvalue weighted by atomic mass is 9.96. The molecule has 4 rings (SSSR count). The fraction of sp³-hybridized carbons (Fsp3) is 0.579. The zero-order valence-corrected chi connectivity index (χ0v) is 15.1. The molecule has 1 unspecified atom stereocenters. The summed E-state index contributed by atoms with van der Waals surface area (Å²) in [5, 5.41) is 11.4. The highest BCUT2D eigenvalue weighted by molar-refractivity contribution is 5.92. The molecular formula is C19H25N5O2. The summed E-state index contributed by atoms with van der Waals surface area (Å²) in [5.74, 6) is -0.0964. The maximum absolute atomic E-state index is 13.0. The first kappa shape index (κ1) is 17.0. The third-order valence-corrected chi connectivity index (χ3v) is 5.83. The Balaban J connectivity index is 1.49. The van der Waals surface area contributed by atoms with Crippen molar-refractivity contribution in [2.45, 2.75) is 63.6 Å². The third kappa shape index (κ3) is 2.95. The van der Waals surface area contributed by atoms with E-state index in [1.165, 1.54) is 12.8 Å². The van der Waals surface area contributed by atoms with Gasteiger partial charge in [0.1, 0.15) is 17.6 Å². The van der Waals surface area contributed by atoms with Gasteiger partial charge in [-0.3, -0.25) is 9.59 Å². The number of carbonyl (C=O) groups excluding carboxylic acids is 2. The van der Waals surface area contributed by atoms with Gasteiger partial charge in [-0.1, -0.05) is 30.2 Å².